The molecular formula is C20H26N3O2+. The molecule has 0 bridgehead atoms. The minimum Gasteiger partial charge on any atom is -0.495 e. The average molecular weight is 340 g/mol. The number of nitrogens with zero attached hydrogens (tertiary/aromatic N) is 1. The summed E-state index contributed by atoms with van der Waals surface area (Å²) < 4.78 is 5.48. The second-order valence-electron chi connectivity index (χ2n) is 6.46. The highest BCUT2D eigenvalue weighted by Gasteiger charge is 2.22. The molecule has 1 heterocycles. The molecule has 1 fully saturated rings. The summed E-state index contributed by atoms with van der Waals surface area (Å²) in [5.41, 5.74) is 3.34. The first-order valence-electron chi connectivity index (χ1n) is 8.74. The lowest BCUT2D eigenvalue weighted by atomic mass is 10.1. The van der Waals surface area contributed by atoms with Crippen LogP contribution < -0.4 is 19.9 Å². The molecule has 0 saturated carbocycles. The van der Waals surface area contributed by atoms with Crippen molar-refractivity contribution in [2.75, 3.05) is 43.5 Å². The van der Waals surface area contributed by atoms with Crippen molar-refractivity contribution in [3.05, 3.63) is 54.1 Å². The Hall–Kier alpha value is -2.53. The normalized spacial score (nSPS) is 15.0. The lowest BCUT2D eigenvalue weighted by molar-refractivity contribution is -0.914. The lowest BCUT2D eigenvalue weighted by Crippen LogP contribution is -3.13. The number of quaternary nitrogens is 1. The Bertz CT molecular complexity index is 707. The molecule has 2 aromatic rings. The number of methoxy groups -OCH3 is 1. The van der Waals surface area contributed by atoms with Gasteiger partial charge in [-0.2, -0.15) is 0 Å². The molecule has 0 atom stereocenters. The summed E-state index contributed by atoms with van der Waals surface area (Å²) in [5, 5.41) is 2.81. The second-order valence-corrected chi connectivity index (χ2v) is 6.46. The van der Waals surface area contributed by atoms with E-state index in [1.54, 1.807) is 12.0 Å². The summed E-state index contributed by atoms with van der Waals surface area (Å²) in [6.07, 6.45) is 0. The predicted octanol–water partition coefficient (Wildman–Crippen LogP) is 1.56. The minimum absolute atomic E-state index is 0.0363. The molecule has 1 aliphatic rings. The van der Waals surface area contributed by atoms with Gasteiger partial charge in [-0.3, -0.25) is 4.79 Å². The van der Waals surface area contributed by atoms with E-state index in [1.807, 2.05) is 24.3 Å². The van der Waals surface area contributed by atoms with Gasteiger partial charge < -0.3 is 19.9 Å². The monoisotopic (exact) mass is 340 g/mol. The lowest BCUT2D eigenvalue weighted by Gasteiger charge is -2.34. The fraction of sp³-hybridized carbons (Fsp3) is 0.350. The van der Waals surface area contributed by atoms with Gasteiger partial charge in [0.15, 0.2) is 0 Å². The number of hydrogen-bond acceptors (Lipinski definition) is 3. The molecule has 1 saturated heterocycles. The molecule has 2 N–H and O–H groups in total. The molecule has 5 nitrogen and oxygen atoms in total. The van der Waals surface area contributed by atoms with Crippen LogP contribution in [0.1, 0.15) is 12.5 Å². The second kappa shape index (κ2) is 8.03. The van der Waals surface area contributed by atoms with E-state index in [0.717, 1.165) is 44.2 Å². The van der Waals surface area contributed by atoms with Crippen LogP contribution in [0.25, 0.3) is 0 Å². The largest absolute Gasteiger partial charge is 0.495 e. The Morgan fingerprint density at radius 1 is 1.12 bits per heavy atom. The van der Waals surface area contributed by atoms with Crippen molar-refractivity contribution in [1.82, 2.24) is 0 Å². The summed E-state index contributed by atoms with van der Waals surface area (Å²) in [4.78, 5) is 15.1. The standard InChI is InChI=1S/C20H25N3O2/c1-16(24)21-18-9-7-17(8-10-18)15-22-11-13-23(14-12-22)19-5-3-4-6-20(19)25-2/h3-10H,11-15H2,1-2H3,(H,21,24)/p+1. The van der Waals surface area contributed by atoms with Crippen molar-refractivity contribution in [2.45, 2.75) is 13.5 Å². The predicted molar refractivity (Wildman–Crippen MR) is 100 cm³/mol. The Morgan fingerprint density at radius 2 is 1.80 bits per heavy atom. The van der Waals surface area contributed by atoms with E-state index in [0.29, 0.717) is 0 Å². The van der Waals surface area contributed by atoms with Crippen molar-refractivity contribution in [3.63, 3.8) is 0 Å². The maximum absolute atomic E-state index is 11.1. The third-order valence-corrected chi connectivity index (χ3v) is 4.62. The van der Waals surface area contributed by atoms with Gasteiger partial charge in [-0.1, -0.05) is 24.3 Å². The molecule has 3 rings (SSSR count). The van der Waals surface area contributed by atoms with Crippen molar-refractivity contribution in [2.24, 2.45) is 0 Å². The van der Waals surface area contributed by atoms with Gasteiger partial charge in [0, 0.05) is 18.2 Å². The minimum atomic E-state index is -0.0363. The van der Waals surface area contributed by atoms with E-state index in [4.69, 9.17) is 4.74 Å². The Balaban J connectivity index is 1.55. The SMILES string of the molecule is COc1ccccc1N1CC[NH+](Cc2ccc(NC(C)=O)cc2)CC1. The van der Waals surface area contributed by atoms with E-state index < -0.39 is 0 Å². The first kappa shape index (κ1) is 17.3. The highest BCUT2D eigenvalue weighted by Crippen LogP contribution is 2.27. The number of anilines is 2. The number of rotatable bonds is 5. The molecule has 0 unspecified atom stereocenters. The molecule has 1 aliphatic heterocycles. The number of nitrogens with one attached hydrogen (secondary N) is 2. The van der Waals surface area contributed by atoms with Crippen LogP contribution >= 0.6 is 0 Å². The van der Waals surface area contributed by atoms with Crippen LogP contribution in [0, 0.1) is 0 Å². The van der Waals surface area contributed by atoms with E-state index >= 15 is 0 Å². The fourth-order valence-electron chi connectivity index (χ4n) is 3.33. The molecule has 0 aromatic heterocycles. The van der Waals surface area contributed by atoms with Crippen molar-refractivity contribution >= 4 is 17.3 Å². The van der Waals surface area contributed by atoms with Crippen LogP contribution in [0.2, 0.25) is 0 Å². The van der Waals surface area contributed by atoms with Gasteiger partial charge in [0.2, 0.25) is 5.91 Å². The Morgan fingerprint density at radius 3 is 2.44 bits per heavy atom. The van der Waals surface area contributed by atoms with E-state index in [2.05, 4.69) is 34.5 Å². The number of carbonyl (C=O) groups excluding carboxylic acids is 1. The van der Waals surface area contributed by atoms with Crippen LogP contribution in [0.15, 0.2) is 48.5 Å². The Labute approximate surface area is 149 Å². The van der Waals surface area contributed by atoms with Gasteiger partial charge in [0.05, 0.1) is 39.0 Å². The van der Waals surface area contributed by atoms with Gasteiger partial charge in [-0.25, -0.2) is 0 Å². The summed E-state index contributed by atoms with van der Waals surface area (Å²) >= 11 is 0. The van der Waals surface area contributed by atoms with Crippen LogP contribution in [0.5, 0.6) is 5.75 Å². The van der Waals surface area contributed by atoms with Gasteiger partial charge in [0.1, 0.15) is 12.3 Å². The maximum Gasteiger partial charge on any atom is 0.221 e. The third-order valence-electron chi connectivity index (χ3n) is 4.62. The number of amides is 1. The summed E-state index contributed by atoms with van der Waals surface area (Å²) in [6, 6.07) is 16.4. The number of benzene rings is 2. The van der Waals surface area contributed by atoms with Crippen molar-refractivity contribution in [1.29, 1.82) is 0 Å². The zero-order chi connectivity index (χ0) is 17.6. The molecule has 2 aromatic carbocycles. The number of ether oxygens (including phenoxy) is 1. The third kappa shape index (κ3) is 4.51. The van der Waals surface area contributed by atoms with Crippen LogP contribution in [-0.2, 0) is 11.3 Å². The average Bonchev–Trinajstić information content (AvgIpc) is 2.63. The fourth-order valence-corrected chi connectivity index (χ4v) is 3.33. The number of piperazine rings is 1. The molecule has 1 amide bonds. The zero-order valence-electron chi connectivity index (χ0n) is 14.9. The van der Waals surface area contributed by atoms with E-state index in [9.17, 15) is 4.79 Å². The molecule has 0 spiro atoms. The highest BCUT2D eigenvalue weighted by molar-refractivity contribution is 5.88. The van der Waals surface area contributed by atoms with Crippen LogP contribution in [0.4, 0.5) is 11.4 Å². The topological polar surface area (TPSA) is 46.0 Å². The summed E-state index contributed by atoms with van der Waals surface area (Å²) in [7, 11) is 1.73. The molecular weight excluding hydrogens is 314 g/mol. The van der Waals surface area contributed by atoms with Crippen LogP contribution in [-0.4, -0.2) is 39.2 Å². The first-order valence-corrected chi connectivity index (χ1v) is 8.74. The van der Waals surface area contributed by atoms with Crippen LogP contribution in [0.3, 0.4) is 0 Å². The molecule has 0 radical (unpaired) electrons. The molecule has 0 aliphatic carbocycles. The zero-order valence-corrected chi connectivity index (χ0v) is 14.9. The number of para-hydroxylation sites is 2. The van der Waals surface area contributed by atoms with Crippen molar-refractivity contribution in [3.8, 4) is 5.75 Å². The molecule has 25 heavy (non-hydrogen) atoms. The number of hydrogen-bond donors (Lipinski definition) is 2. The smallest absolute Gasteiger partial charge is 0.221 e. The summed E-state index contributed by atoms with van der Waals surface area (Å²) in [5.74, 6) is 0.908. The number of carbonyl (C=O) groups is 1. The summed E-state index contributed by atoms with van der Waals surface area (Å²) in [6.45, 7) is 6.80. The molecule has 5 heteroatoms. The quantitative estimate of drug-likeness (QED) is 0.868. The van der Waals surface area contributed by atoms with Gasteiger partial charge >= 0.3 is 0 Å². The van der Waals surface area contributed by atoms with Gasteiger partial charge in [-0.15, -0.1) is 0 Å². The first-order chi connectivity index (χ1) is 12.2. The van der Waals surface area contributed by atoms with Gasteiger partial charge in [0.25, 0.3) is 0 Å². The molecule has 132 valence electrons. The van der Waals surface area contributed by atoms with Crippen molar-refractivity contribution < 1.29 is 14.4 Å². The highest BCUT2D eigenvalue weighted by atomic mass is 16.5. The van der Waals surface area contributed by atoms with Gasteiger partial charge in [-0.05, 0) is 24.3 Å². The van der Waals surface area contributed by atoms with E-state index in [-0.39, 0.29) is 5.91 Å². The van der Waals surface area contributed by atoms with E-state index in [1.165, 1.54) is 18.2 Å². The maximum atomic E-state index is 11.1. The Kier molecular flexibility index (Phi) is 5.56.